The summed E-state index contributed by atoms with van der Waals surface area (Å²) in [6, 6.07) is 7.43. The maximum Gasteiger partial charge on any atom is 0.221 e. The Morgan fingerprint density at radius 1 is 1.28 bits per heavy atom. The van der Waals surface area contributed by atoms with Crippen molar-refractivity contribution in [2.45, 2.75) is 13.8 Å². The van der Waals surface area contributed by atoms with Crippen molar-refractivity contribution in [3.05, 3.63) is 36.0 Å². The van der Waals surface area contributed by atoms with Gasteiger partial charge in [0.2, 0.25) is 11.9 Å². The molecular weight excluding hydrogens is 228 g/mol. The van der Waals surface area contributed by atoms with Crippen molar-refractivity contribution in [1.29, 1.82) is 0 Å². The van der Waals surface area contributed by atoms with Gasteiger partial charge in [-0.25, -0.2) is 9.97 Å². The number of anilines is 2. The number of rotatable bonds is 2. The largest absolute Gasteiger partial charge is 0.368 e. The maximum absolute atomic E-state index is 10.9. The van der Waals surface area contributed by atoms with Gasteiger partial charge >= 0.3 is 0 Å². The quantitative estimate of drug-likeness (QED) is 0.843. The summed E-state index contributed by atoms with van der Waals surface area (Å²) in [4.78, 5) is 19.1. The van der Waals surface area contributed by atoms with Crippen molar-refractivity contribution < 1.29 is 4.79 Å². The molecule has 0 saturated carbocycles. The lowest BCUT2D eigenvalue weighted by molar-refractivity contribution is -0.114. The highest BCUT2D eigenvalue weighted by Gasteiger charge is 2.05. The fourth-order valence-electron chi connectivity index (χ4n) is 1.66. The van der Waals surface area contributed by atoms with Crippen molar-refractivity contribution in [1.82, 2.24) is 9.97 Å². The lowest BCUT2D eigenvalue weighted by Crippen LogP contribution is -2.05. The maximum atomic E-state index is 10.9. The minimum absolute atomic E-state index is 0.0924. The molecule has 0 bridgehead atoms. The topological polar surface area (TPSA) is 80.9 Å². The Labute approximate surface area is 105 Å². The number of benzene rings is 1. The molecule has 0 radical (unpaired) electrons. The van der Waals surface area contributed by atoms with Gasteiger partial charge in [0.05, 0.1) is 5.69 Å². The number of nitrogens with two attached hydrogens (primary N) is 1. The van der Waals surface area contributed by atoms with Crippen LogP contribution in [0.4, 0.5) is 11.6 Å². The van der Waals surface area contributed by atoms with Crippen LogP contribution in [0.2, 0.25) is 0 Å². The molecule has 0 aliphatic heterocycles. The monoisotopic (exact) mass is 242 g/mol. The van der Waals surface area contributed by atoms with Crippen molar-refractivity contribution in [2.75, 3.05) is 11.1 Å². The highest BCUT2D eigenvalue weighted by Crippen LogP contribution is 2.22. The van der Waals surface area contributed by atoms with Crippen LogP contribution in [0.25, 0.3) is 11.3 Å². The second kappa shape index (κ2) is 4.83. The van der Waals surface area contributed by atoms with Gasteiger partial charge in [-0.15, -0.1) is 0 Å². The summed E-state index contributed by atoms with van der Waals surface area (Å²) in [5.74, 6) is 0.159. The van der Waals surface area contributed by atoms with Crippen LogP contribution in [-0.2, 0) is 4.79 Å². The molecule has 0 fully saturated rings. The summed E-state index contributed by atoms with van der Waals surface area (Å²) >= 11 is 0. The number of amides is 1. The molecule has 0 spiro atoms. The smallest absolute Gasteiger partial charge is 0.221 e. The van der Waals surface area contributed by atoms with E-state index in [0.717, 1.165) is 22.5 Å². The van der Waals surface area contributed by atoms with Crippen LogP contribution in [0, 0.1) is 6.92 Å². The Kier molecular flexibility index (Phi) is 3.23. The first-order valence-corrected chi connectivity index (χ1v) is 5.53. The van der Waals surface area contributed by atoms with Crippen LogP contribution in [0.15, 0.2) is 30.5 Å². The van der Waals surface area contributed by atoms with Crippen LogP contribution < -0.4 is 11.1 Å². The first-order chi connectivity index (χ1) is 8.56. The molecule has 0 saturated heterocycles. The molecule has 92 valence electrons. The van der Waals surface area contributed by atoms with Gasteiger partial charge in [0, 0.05) is 24.4 Å². The first-order valence-electron chi connectivity index (χ1n) is 5.53. The Hall–Kier alpha value is -2.43. The number of nitrogens with one attached hydrogen (secondary N) is 1. The minimum atomic E-state index is -0.0924. The number of hydrogen-bond acceptors (Lipinski definition) is 4. The Bertz CT molecular complexity index is 578. The predicted molar refractivity (Wildman–Crippen MR) is 70.9 cm³/mol. The van der Waals surface area contributed by atoms with E-state index in [1.807, 2.05) is 31.2 Å². The SMILES string of the molecule is CC(=O)Nc1ccc(-c2nc(N)ncc2C)cc1. The van der Waals surface area contributed by atoms with E-state index in [0.29, 0.717) is 0 Å². The molecule has 18 heavy (non-hydrogen) atoms. The van der Waals surface area contributed by atoms with E-state index in [2.05, 4.69) is 15.3 Å². The number of aromatic nitrogens is 2. The van der Waals surface area contributed by atoms with Gasteiger partial charge in [-0.1, -0.05) is 12.1 Å². The average molecular weight is 242 g/mol. The summed E-state index contributed by atoms with van der Waals surface area (Å²) in [5, 5.41) is 2.71. The number of nitrogen functional groups attached to an aromatic ring is 1. The molecule has 0 aliphatic carbocycles. The third-order valence-corrected chi connectivity index (χ3v) is 2.47. The molecule has 1 aromatic carbocycles. The zero-order valence-corrected chi connectivity index (χ0v) is 10.3. The van der Waals surface area contributed by atoms with Gasteiger partial charge in [0.15, 0.2) is 0 Å². The van der Waals surface area contributed by atoms with E-state index in [1.165, 1.54) is 6.92 Å². The molecule has 1 heterocycles. The van der Waals surface area contributed by atoms with Gasteiger partial charge in [-0.05, 0) is 24.6 Å². The number of carbonyl (C=O) groups is 1. The Morgan fingerprint density at radius 2 is 1.94 bits per heavy atom. The summed E-state index contributed by atoms with van der Waals surface area (Å²) in [5.41, 5.74) is 9.04. The van der Waals surface area contributed by atoms with Gasteiger partial charge in [0.1, 0.15) is 0 Å². The lowest BCUT2D eigenvalue weighted by atomic mass is 10.1. The average Bonchev–Trinajstić information content (AvgIpc) is 2.33. The van der Waals surface area contributed by atoms with E-state index in [1.54, 1.807) is 6.20 Å². The van der Waals surface area contributed by atoms with Gasteiger partial charge in [0.25, 0.3) is 0 Å². The lowest BCUT2D eigenvalue weighted by Gasteiger charge is -2.07. The molecule has 5 heteroatoms. The van der Waals surface area contributed by atoms with Gasteiger partial charge < -0.3 is 11.1 Å². The molecule has 2 rings (SSSR count). The standard InChI is InChI=1S/C13H14N4O/c1-8-7-15-13(14)17-12(8)10-3-5-11(6-4-10)16-9(2)18/h3-7H,1-2H3,(H,16,18)(H2,14,15,17). The number of nitrogens with zero attached hydrogens (tertiary/aromatic N) is 2. The second-order valence-corrected chi connectivity index (χ2v) is 4.02. The van der Waals surface area contributed by atoms with Crippen molar-refractivity contribution >= 4 is 17.5 Å². The second-order valence-electron chi connectivity index (χ2n) is 4.02. The summed E-state index contributed by atoms with van der Waals surface area (Å²) in [6.07, 6.45) is 1.69. The highest BCUT2D eigenvalue weighted by atomic mass is 16.1. The van der Waals surface area contributed by atoms with Crippen molar-refractivity contribution in [3.63, 3.8) is 0 Å². The molecular formula is C13H14N4O. The summed E-state index contributed by atoms with van der Waals surface area (Å²) in [7, 11) is 0. The van der Waals surface area contributed by atoms with E-state index in [4.69, 9.17) is 5.73 Å². The Morgan fingerprint density at radius 3 is 2.56 bits per heavy atom. The van der Waals surface area contributed by atoms with Crippen LogP contribution in [0.1, 0.15) is 12.5 Å². The van der Waals surface area contributed by atoms with Crippen molar-refractivity contribution in [3.8, 4) is 11.3 Å². The number of hydrogen-bond donors (Lipinski definition) is 2. The van der Waals surface area contributed by atoms with Crippen molar-refractivity contribution in [2.24, 2.45) is 0 Å². The third-order valence-electron chi connectivity index (χ3n) is 2.47. The van der Waals surface area contributed by atoms with Gasteiger partial charge in [-0.3, -0.25) is 4.79 Å². The molecule has 2 aromatic rings. The van der Waals surface area contributed by atoms with Crippen LogP contribution in [0.5, 0.6) is 0 Å². The molecule has 0 atom stereocenters. The zero-order valence-electron chi connectivity index (χ0n) is 10.3. The predicted octanol–water partition coefficient (Wildman–Crippen LogP) is 1.99. The molecule has 0 unspecified atom stereocenters. The fourth-order valence-corrected chi connectivity index (χ4v) is 1.66. The Balaban J connectivity index is 2.34. The van der Waals surface area contributed by atoms with E-state index < -0.39 is 0 Å². The molecule has 0 aliphatic rings. The van der Waals surface area contributed by atoms with Crippen LogP contribution in [-0.4, -0.2) is 15.9 Å². The fraction of sp³-hybridized carbons (Fsp3) is 0.154. The number of aryl methyl sites for hydroxylation is 1. The third kappa shape index (κ3) is 2.63. The molecule has 5 nitrogen and oxygen atoms in total. The van der Waals surface area contributed by atoms with E-state index >= 15 is 0 Å². The molecule has 3 N–H and O–H groups in total. The zero-order chi connectivity index (χ0) is 13.1. The molecule has 1 amide bonds. The van der Waals surface area contributed by atoms with E-state index in [-0.39, 0.29) is 11.9 Å². The van der Waals surface area contributed by atoms with Crippen LogP contribution >= 0.6 is 0 Å². The normalized spacial score (nSPS) is 10.1. The molecule has 1 aromatic heterocycles. The van der Waals surface area contributed by atoms with Gasteiger partial charge in [-0.2, -0.15) is 0 Å². The first kappa shape index (κ1) is 12.0. The van der Waals surface area contributed by atoms with E-state index in [9.17, 15) is 4.79 Å². The summed E-state index contributed by atoms with van der Waals surface area (Å²) in [6.45, 7) is 3.40. The minimum Gasteiger partial charge on any atom is -0.368 e. The number of carbonyl (C=O) groups excluding carboxylic acids is 1. The van der Waals surface area contributed by atoms with Crippen LogP contribution in [0.3, 0.4) is 0 Å². The summed E-state index contributed by atoms with van der Waals surface area (Å²) < 4.78 is 0. The highest BCUT2D eigenvalue weighted by molar-refractivity contribution is 5.88.